The second-order valence-electron chi connectivity index (χ2n) is 5.45. The summed E-state index contributed by atoms with van der Waals surface area (Å²) in [4.78, 5) is 20.6. The van der Waals surface area contributed by atoms with Crippen molar-refractivity contribution in [3.63, 3.8) is 0 Å². The second-order valence-corrected chi connectivity index (χ2v) is 5.45. The van der Waals surface area contributed by atoms with Gasteiger partial charge in [0.25, 0.3) is 0 Å². The van der Waals surface area contributed by atoms with E-state index in [1.807, 2.05) is 0 Å². The number of nitrogens with zero attached hydrogens (tertiary/aromatic N) is 4. The average molecular weight is 295 g/mol. The van der Waals surface area contributed by atoms with Crippen LogP contribution in [0.3, 0.4) is 0 Å². The monoisotopic (exact) mass is 295 g/mol. The molecule has 2 heterocycles. The van der Waals surface area contributed by atoms with Crippen molar-refractivity contribution in [2.75, 3.05) is 30.4 Å². The number of likely N-dealkylation sites (tertiary alicyclic amines) is 1. The van der Waals surface area contributed by atoms with Crippen LogP contribution in [-0.2, 0) is 0 Å². The average Bonchev–Trinajstić information content (AvgIpc) is 2.93. The molecule has 0 spiro atoms. The number of rotatable bonds is 6. The summed E-state index contributed by atoms with van der Waals surface area (Å²) >= 11 is 0. The summed E-state index contributed by atoms with van der Waals surface area (Å²) in [5.74, 6) is 6.04. The first-order valence-electron chi connectivity index (χ1n) is 6.97. The molecule has 116 valence electrons. The van der Waals surface area contributed by atoms with Crippen LogP contribution in [-0.4, -0.2) is 45.5 Å². The van der Waals surface area contributed by atoms with Crippen molar-refractivity contribution in [2.45, 2.75) is 26.3 Å². The Morgan fingerprint density at radius 2 is 2.38 bits per heavy atom. The minimum absolute atomic E-state index is 0.146. The molecule has 0 bridgehead atoms. The van der Waals surface area contributed by atoms with Gasteiger partial charge in [0.15, 0.2) is 0 Å². The zero-order chi connectivity index (χ0) is 15.4. The van der Waals surface area contributed by atoms with E-state index in [2.05, 4.69) is 39.5 Å². The zero-order valence-corrected chi connectivity index (χ0v) is 12.2. The fraction of sp³-hybridized carbons (Fsp3) is 0.667. The van der Waals surface area contributed by atoms with E-state index < -0.39 is 4.92 Å². The van der Waals surface area contributed by atoms with Gasteiger partial charge in [-0.15, -0.1) is 0 Å². The molecule has 0 radical (unpaired) electrons. The van der Waals surface area contributed by atoms with Crippen molar-refractivity contribution >= 4 is 17.5 Å². The standard InChI is InChI=1S/C12H21N7O2/c1-8(2)18-4-3-9(7-18)5-14-11-10(19(20)21)6-15-12(16-11)17-13/h6,8-9H,3-5,7,13H2,1-2H3,(H2,14,15,16,17). The normalized spacial score (nSPS) is 19.0. The van der Waals surface area contributed by atoms with Gasteiger partial charge in [-0.2, -0.15) is 4.98 Å². The molecule has 4 N–H and O–H groups in total. The number of nitrogens with two attached hydrogens (primary N) is 1. The van der Waals surface area contributed by atoms with E-state index in [0.717, 1.165) is 25.7 Å². The van der Waals surface area contributed by atoms with Crippen LogP contribution in [0.4, 0.5) is 17.5 Å². The summed E-state index contributed by atoms with van der Waals surface area (Å²) in [5, 5.41) is 14.0. The molecule has 0 aromatic carbocycles. The third-order valence-electron chi connectivity index (χ3n) is 3.70. The highest BCUT2D eigenvalue weighted by Gasteiger charge is 2.25. The Labute approximate surface area is 123 Å². The van der Waals surface area contributed by atoms with Crippen LogP contribution in [0.15, 0.2) is 6.20 Å². The number of aromatic nitrogens is 2. The van der Waals surface area contributed by atoms with Crippen molar-refractivity contribution in [2.24, 2.45) is 11.8 Å². The van der Waals surface area contributed by atoms with E-state index in [1.54, 1.807) is 0 Å². The van der Waals surface area contributed by atoms with Gasteiger partial charge in [-0.1, -0.05) is 0 Å². The molecule has 1 aliphatic heterocycles. The van der Waals surface area contributed by atoms with Crippen molar-refractivity contribution in [1.82, 2.24) is 14.9 Å². The summed E-state index contributed by atoms with van der Waals surface area (Å²) in [7, 11) is 0. The van der Waals surface area contributed by atoms with Crippen LogP contribution in [0.1, 0.15) is 20.3 Å². The fourth-order valence-corrected chi connectivity index (χ4v) is 2.45. The molecule has 1 aromatic heterocycles. The molecular weight excluding hydrogens is 274 g/mol. The summed E-state index contributed by atoms with van der Waals surface area (Å²) in [6.45, 7) is 7.04. The maximum Gasteiger partial charge on any atom is 0.329 e. The van der Waals surface area contributed by atoms with Crippen LogP contribution >= 0.6 is 0 Å². The van der Waals surface area contributed by atoms with Gasteiger partial charge in [-0.25, -0.2) is 10.8 Å². The van der Waals surface area contributed by atoms with Crippen molar-refractivity contribution in [3.05, 3.63) is 16.3 Å². The largest absolute Gasteiger partial charge is 0.364 e. The molecule has 2 rings (SSSR count). The molecule has 1 fully saturated rings. The van der Waals surface area contributed by atoms with Gasteiger partial charge in [0, 0.05) is 19.1 Å². The number of nitrogen functional groups attached to an aromatic ring is 1. The molecule has 21 heavy (non-hydrogen) atoms. The lowest BCUT2D eigenvalue weighted by Crippen LogP contribution is -2.29. The number of anilines is 2. The lowest BCUT2D eigenvalue weighted by atomic mass is 10.1. The Kier molecular flexibility index (Phi) is 4.86. The second kappa shape index (κ2) is 6.64. The maximum atomic E-state index is 11.0. The molecule has 9 heteroatoms. The molecule has 1 saturated heterocycles. The third kappa shape index (κ3) is 3.76. The minimum Gasteiger partial charge on any atom is -0.364 e. The predicted molar refractivity (Wildman–Crippen MR) is 79.8 cm³/mol. The fourth-order valence-electron chi connectivity index (χ4n) is 2.45. The predicted octanol–water partition coefficient (Wildman–Crippen LogP) is 0.813. The van der Waals surface area contributed by atoms with E-state index in [0.29, 0.717) is 18.5 Å². The van der Waals surface area contributed by atoms with Crippen LogP contribution in [0.25, 0.3) is 0 Å². The summed E-state index contributed by atoms with van der Waals surface area (Å²) in [6.07, 6.45) is 2.23. The Morgan fingerprint density at radius 3 is 2.95 bits per heavy atom. The van der Waals surface area contributed by atoms with E-state index >= 15 is 0 Å². The molecule has 1 unspecified atom stereocenters. The van der Waals surface area contributed by atoms with Gasteiger partial charge in [0.05, 0.1) is 4.92 Å². The molecule has 9 nitrogen and oxygen atoms in total. The van der Waals surface area contributed by atoms with Gasteiger partial charge in [-0.3, -0.25) is 15.5 Å². The van der Waals surface area contributed by atoms with Gasteiger partial charge < -0.3 is 10.2 Å². The van der Waals surface area contributed by atoms with Gasteiger partial charge >= 0.3 is 5.69 Å². The summed E-state index contributed by atoms with van der Waals surface area (Å²) < 4.78 is 0. The molecule has 0 saturated carbocycles. The van der Waals surface area contributed by atoms with Crippen molar-refractivity contribution in [1.29, 1.82) is 0 Å². The molecule has 1 atom stereocenters. The van der Waals surface area contributed by atoms with Crippen molar-refractivity contribution in [3.8, 4) is 0 Å². The first kappa shape index (κ1) is 15.4. The van der Waals surface area contributed by atoms with Crippen LogP contribution < -0.4 is 16.6 Å². The molecule has 1 aromatic rings. The van der Waals surface area contributed by atoms with Gasteiger partial charge in [0.2, 0.25) is 11.8 Å². The highest BCUT2D eigenvalue weighted by atomic mass is 16.6. The lowest BCUT2D eigenvalue weighted by molar-refractivity contribution is -0.384. The minimum atomic E-state index is -0.502. The Morgan fingerprint density at radius 1 is 1.62 bits per heavy atom. The highest BCUT2D eigenvalue weighted by Crippen LogP contribution is 2.24. The Hall–Kier alpha value is -2.00. The third-order valence-corrected chi connectivity index (χ3v) is 3.70. The van der Waals surface area contributed by atoms with E-state index in [4.69, 9.17) is 5.84 Å². The van der Waals surface area contributed by atoms with E-state index in [-0.39, 0.29) is 17.5 Å². The van der Waals surface area contributed by atoms with Crippen molar-refractivity contribution < 1.29 is 4.92 Å². The van der Waals surface area contributed by atoms with Crippen LogP contribution in [0, 0.1) is 16.0 Å². The van der Waals surface area contributed by atoms with E-state index in [9.17, 15) is 10.1 Å². The summed E-state index contributed by atoms with van der Waals surface area (Å²) in [6, 6.07) is 0.524. The highest BCUT2D eigenvalue weighted by molar-refractivity contribution is 5.56. The Bertz CT molecular complexity index is 508. The maximum absolute atomic E-state index is 11.0. The van der Waals surface area contributed by atoms with Gasteiger partial charge in [-0.05, 0) is 32.7 Å². The first-order valence-corrected chi connectivity index (χ1v) is 6.97. The number of hydrogen-bond donors (Lipinski definition) is 3. The lowest BCUT2D eigenvalue weighted by Gasteiger charge is -2.20. The topological polar surface area (TPSA) is 122 Å². The molecule has 0 amide bonds. The number of hydrogen-bond acceptors (Lipinski definition) is 8. The first-order chi connectivity index (χ1) is 10.0. The molecular formula is C12H21N7O2. The smallest absolute Gasteiger partial charge is 0.329 e. The SMILES string of the molecule is CC(C)N1CCC(CNc2nc(NN)ncc2[N+](=O)[O-])C1. The molecule has 1 aliphatic rings. The number of hydrazine groups is 1. The zero-order valence-electron chi connectivity index (χ0n) is 12.2. The van der Waals surface area contributed by atoms with Crippen LogP contribution in [0.5, 0.6) is 0 Å². The quantitative estimate of drug-likeness (QED) is 0.400. The number of nitrogens with one attached hydrogen (secondary N) is 2. The molecule has 0 aliphatic carbocycles. The summed E-state index contributed by atoms with van der Waals surface area (Å²) in [5.41, 5.74) is 2.14. The van der Waals surface area contributed by atoms with Crippen LogP contribution in [0.2, 0.25) is 0 Å². The number of nitro groups is 1. The Balaban J connectivity index is 2.01. The van der Waals surface area contributed by atoms with Gasteiger partial charge in [0.1, 0.15) is 6.20 Å². The van der Waals surface area contributed by atoms with E-state index in [1.165, 1.54) is 0 Å².